The molecule has 0 aliphatic heterocycles. The first-order chi connectivity index (χ1) is 16.4. The molecule has 3 heterocycles. The number of nitrogens with one attached hydrogen (secondary N) is 3. The van der Waals surface area contributed by atoms with Gasteiger partial charge >= 0.3 is 6.09 Å². The van der Waals surface area contributed by atoms with Crippen LogP contribution in [0.15, 0.2) is 18.5 Å². The number of halogens is 1. The molecular formula is C23H28FN7O3. The highest BCUT2D eigenvalue weighted by Crippen LogP contribution is 2.57. The van der Waals surface area contributed by atoms with E-state index in [1.807, 2.05) is 6.92 Å². The van der Waals surface area contributed by atoms with Gasteiger partial charge in [0.25, 0.3) is 0 Å². The molecule has 0 saturated heterocycles. The van der Waals surface area contributed by atoms with Crippen LogP contribution in [0.3, 0.4) is 0 Å². The standard InChI is InChI=1S/C23H28FN7O3/c1-12-16(11-33-2)30-31-6-5-25-21(20(12)31)26-18-7-15(28-29-18)14-3-4-17(19(14)24)34-22(32)27-23-8-13(9-23)10-23/h5-7,13-14,17,19H,3-4,8-11H2,1-2H3,(H,27,32)(H2,25,26,28,29)/t13?,14-,17-,19-,23?/m1/s1. The molecule has 0 unspecified atom stereocenters. The fourth-order valence-corrected chi connectivity index (χ4v) is 5.65. The summed E-state index contributed by atoms with van der Waals surface area (Å²) >= 11 is 0. The lowest BCUT2D eigenvalue weighted by Gasteiger charge is -2.61. The van der Waals surface area contributed by atoms with E-state index in [1.54, 1.807) is 30.1 Å². The number of alkyl halides is 1. The van der Waals surface area contributed by atoms with Crippen LogP contribution in [0.4, 0.5) is 20.8 Å². The number of aromatic nitrogens is 5. The van der Waals surface area contributed by atoms with Crippen molar-refractivity contribution in [3.05, 3.63) is 35.4 Å². The van der Waals surface area contributed by atoms with Crippen molar-refractivity contribution in [2.24, 2.45) is 5.92 Å². The molecule has 1 amide bonds. The van der Waals surface area contributed by atoms with Crippen LogP contribution >= 0.6 is 0 Å². The molecular weight excluding hydrogens is 441 g/mol. The quantitative estimate of drug-likeness (QED) is 0.485. The van der Waals surface area contributed by atoms with Gasteiger partial charge in [-0.2, -0.15) is 10.2 Å². The number of H-pyrrole nitrogens is 1. The Morgan fingerprint density at radius 2 is 2.18 bits per heavy atom. The van der Waals surface area contributed by atoms with Gasteiger partial charge in [0.2, 0.25) is 0 Å². The van der Waals surface area contributed by atoms with Crippen LogP contribution in [0.1, 0.15) is 55.0 Å². The number of rotatable bonds is 7. The van der Waals surface area contributed by atoms with Gasteiger partial charge in [0.1, 0.15) is 17.8 Å². The van der Waals surface area contributed by atoms with Gasteiger partial charge in [0, 0.05) is 48.3 Å². The van der Waals surface area contributed by atoms with Crippen molar-refractivity contribution in [3.63, 3.8) is 0 Å². The lowest BCUT2D eigenvalue weighted by Crippen LogP contribution is -2.68. The molecule has 3 aromatic heterocycles. The molecule has 0 radical (unpaired) electrons. The Morgan fingerprint density at radius 1 is 1.35 bits per heavy atom. The molecule has 34 heavy (non-hydrogen) atoms. The van der Waals surface area contributed by atoms with Crippen molar-refractivity contribution in [1.82, 2.24) is 30.1 Å². The molecule has 4 aliphatic rings. The Bertz CT molecular complexity index is 1220. The summed E-state index contributed by atoms with van der Waals surface area (Å²) in [6.45, 7) is 2.37. The number of methoxy groups -OCH3 is 1. The lowest BCUT2D eigenvalue weighted by molar-refractivity contribution is -0.0532. The predicted molar refractivity (Wildman–Crippen MR) is 121 cm³/mol. The summed E-state index contributed by atoms with van der Waals surface area (Å²) in [6.07, 6.45) is 5.01. The van der Waals surface area contributed by atoms with E-state index < -0.39 is 24.3 Å². The molecule has 4 saturated carbocycles. The number of anilines is 2. The van der Waals surface area contributed by atoms with Gasteiger partial charge < -0.3 is 20.1 Å². The SMILES string of the molecule is COCc1nn2ccnc(Nc3cc([C@H]4CC[C@@H](OC(=O)NC56CC(C5)C6)[C@@H]4F)[nH]n3)c2c1C. The van der Waals surface area contributed by atoms with Crippen LogP contribution in [-0.2, 0) is 16.1 Å². The minimum absolute atomic E-state index is 0.0788. The number of alkyl carbamates (subject to hydrolysis) is 1. The highest BCUT2D eigenvalue weighted by atomic mass is 19.1. The zero-order valence-electron chi connectivity index (χ0n) is 19.2. The normalized spacial score (nSPS) is 29.5. The largest absolute Gasteiger partial charge is 0.443 e. The number of fused-ring (bicyclic) bond motifs is 1. The van der Waals surface area contributed by atoms with Crippen LogP contribution in [0.25, 0.3) is 5.52 Å². The monoisotopic (exact) mass is 469 g/mol. The average molecular weight is 470 g/mol. The third-order valence-corrected chi connectivity index (χ3v) is 7.57. The highest BCUT2D eigenvalue weighted by Gasteiger charge is 2.58. The zero-order valence-corrected chi connectivity index (χ0v) is 19.2. The van der Waals surface area contributed by atoms with E-state index >= 15 is 4.39 Å². The van der Waals surface area contributed by atoms with Gasteiger partial charge in [0.05, 0.1) is 12.3 Å². The molecule has 3 atom stereocenters. The maximum absolute atomic E-state index is 15.2. The third kappa shape index (κ3) is 3.49. The number of ether oxygens (including phenoxy) is 2. The summed E-state index contributed by atoms with van der Waals surface area (Å²) in [7, 11) is 1.63. The lowest BCUT2D eigenvalue weighted by atomic mass is 9.50. The Balaban J connectivity index is 1.13. The second kappa shape index (κ2) is 7.93. The zero-order chi connectivity index (χ0) is 23.4. The first-order valence-corrected chi connectivity index (χ1v) is 11.7. The number of hydrogen-bond donors (Lipinski definition) is 3. The van der Waals surface area contributed by atoms with E-state index in [1.165, 1.54) is 0 Å². The number of carbonyl (C=O) groups is 1. The van der Waals surface area contributed by atoms with Crippen LogP contribution in [-0.4, -0.2) is 55.8 Å². The summed E-state index contributed by atoms with van der Waals surface area (Å²) in [5, 5.41) is 17.9. The minimum atomic E-state index is -1.29. The molecule has 180 valence electrons. The van der Waals surface area contributed by atoms with Crippen molar-refractivity contribution < 1.29 is 18.7 Å². The van der Waals surface area contributed by atoms with E-state index in [2.05, 4.69) is 30.9 Å². The molecule has 3 N–H and O–H groups in total. The minimum Gasteiger partial charge on any atom is -0.443 e. The fourth-order valence-electron chi connectivity index (χ4n) is 5.65. The number of aromatic amines is 1. The summed E-state index contributed by atoms with van der Waals surface area (Å²) in [5.74, 6) is 1.47. The van der Waals surface area contributed by atoms with Crippen molar-refractivity contribution in [3.8, 4) is 0 Å². The molecule has 3 aromatic rings. The van der Waals surface area contributed by atoms with Crippen LogP contribution < -0.4 is 10.6 Å². The van der Waals surface area contributed by atoms with Gasteiger partial charge in [0.15, 0.2) is 11.6 Å². The molecule has 2 bridgehead atoms. The topological polar surface area (TPSA) is 118 Å². The first kappa shape index (κ1) is 21.3. The smallest absolute Gasteiger partial charge is 0.407 e. The van der Waals surface area contributed by atoms with Crippen LogP contribution in [0, 0.1) is 12.8 Å². The third-order valence-electron chi connectivity index (χ3n) is 7.57. The number of amides is 1. The van der Waals surface area contributed by atoms with Crippen molar-refractivity contribution in [1.29, 1.82) is 0 Å². The molecule has 10 nitrogen and oxygen atoms in total. The van der Waals surface area contributed by atoms with E-state index in [4.69, 9.17) is 9.47 Å². The predicted octanol–water partition coefficient (Wildman–Crippen LogP) is 3.51. The van der Waals surface area contributed by atoms with Crippen LogP contribution in [0.5, 0.6) is 0 Å². The van der Waals surface area contributed by atoms with E-state index in [-0.39, 0.29) is 5.54 Å². The second-order valence-corrected chi connectivity index (χ2v) is 9.86. The molecule has 11 heteroatoms. The van der Waals surface area contributed by atoms with Gasteiger partial charge in [-0.15, -0.1) is 0 Å². The van der Waals surface area contributed by atoms with Crippen molar-refractivity contribution in [2.45, 2.75) is 69.4 Å². The summed E-state index contributed by atoms with van der Waals surface area (Å²) in [6, 6.07) is 1.79. The van der Waals surface area contributed by atoms with Gasteiger partial charge in [-0.05, 0) is 44.9 Å². The Morgan fingerprint density at radius 3 is 2.91 bits per heavy atom. The molecule has 0 spiro atoms. The summed E-state index contributed by atoms with van der Waals surface area (Å²) in [5.41, 5.74) is 3.20. The Kier molecular flexibility index (Phi) is 4.98. The highest BCUT2D eigenvalue weighted by molar-refractivity contribution is 5.76. The molecule has 7 rings (SSSR count). The van der Waals surface area contributed by atoms with E-state index in [0.717, 1.165) is 42.0 Å². The Hall–Kier alpha value is -3.21. The number of aryl methyl sites for hydroxylation is 1. The maximum atomic E-state index is 15.2. The fraction of sp³-hybridized carbons (Fsp3) is 0.565. The number of carbonyl (C=O) groups excluding carboxylic acids is 1. The van der Waals surface area contributed by atoms with E-state index in [9.17, 15) is 4.79 Å². The van der Waals surface area contributed by atoms with E-state index in [0.29, 0.717) is 36.8 Å². The average Bonchev–Trinajstić information content (AvgIpc) is 3.44. The maximum Gasteiger partial charge on any atom is 0.407 e. The van der Waals surface area contributed by atoms with Gasteiger partial charge in [-0.25, -0.2) is 18.7 Å². The van der Waals surface area contributed by atoms with Gasteiger partial charge in [-0.3, -0.25) is 5.10 Å². The molecule has 4 aliphatic carbocycles. The number of nitrogens with zero attached hydrogens (tertiary/aromatic N) is 4. The molecule has 0 aromatic carbocycles. The van der Waals surface area contributed by atoms with Crippen molar-refractivity contribution in [2.75, 3.05) is 12.4 Å². The van der Waals surface area contributed by atoms with Crippen molar-refractivity contribution >= 4 is 23.2 Å². The summed E-state index contributed by atoms with van der Waals surface area (Å²) < 4.78 is 27.6. The number of hydrogen-bond acceptors (Lipinski definition) is 7. The summed E-state index contributed by atoms with van der Waals surface area (Å²) in [4.78, 5) is 16.7. The van der Waals surface area contributed by atoms with Crippen LogP contribution in [0.2, 0.25) is 0 Å². The van der Waals surface area contributed by atoms with Gasteiger partial charge in [-0.1, -0.05) is 0 Å². The Labute approximate surface area is 195 Å². The first-order valence-electron chi connectivity index (χ1n) is 11.7. The molecule has 4 fully saturated rings. The second-order valence-electron chi connectivity index (χ2n) is 9.86.